The first-order chi connectivity index (χ1) is 9.31. The molecule has 2 heterocycles. The Morgan fingerprint density at radius 1 is 1.40 bits per heavy atom. The average molecular weight is 298 g/mol. The van der Waals surface area contributed by atoms with Crippen molar-refractivity contribution in [1.82, 2.24) is 18.8 Å². The van der Waals surface area contributed by atoms with Gasteiger partial charge in [0.2, 0.25) is 10.0 Å². The van der Waals surface area contributed by atoms with Gasteiger partial charge in [-0.2, -0.15) is 0 Å². The first kappa shape index (κ1) is 14.3. The summed E-state index contributed by atoms with van der Waals surface area (Å²) in [4.78, 5) is 14.8. The molecule has 2 aromatic rings. The van der Waals surface area contributed by atoms with E-state index in [0.29, 0.717) is 5.82 Å². The Kier molecular flexibility index (Phi) is 3.64. The molecule has 0 aliphatic rings. The van der Waals surface area contributed by atoms with Gasteiger partial charge in [0, 0.05) is 32.7 Å². The van der Waals surface area contributed by atoms with Gasteiger partial charge in [-0.25, -0.2) is 22.9 Å². The van der Waals surface area contributed by atoms with Gasteiger partial charge in [-0.3, -0.25) is 0 Å². The van der Waals surface area contributed by atoms with Crippen LogP contribution in [0, 0.1) is 0 Å². The summed E-state index contributed by atoms with van der Waals surface area (Å²) >= 11 is 0. The molecule has 0 bridgehead atoms. The average Bonchev–Trinajstić information content (AvgIpc) is 2.93. The standard InChI is InChI=1S/C11H14N4O4S/c1-14-4-3-12-10(14)6-13-20(18,19)8-5-9(11(16)17)15(2)7-8/h3-5,7,13H,6H2,1-2H3,(H,16,17). The van der Waals surface area contributed by atoms with E-state index in [1.54, 1.807) is 24.0 Å². The summed E-state index contributed by atoms with van der Waals surface area (Å²) < 4.78 is 29.5. The lowest BCUT2D eigenvalue weighted by atomic mass is 10.4. The molecular weight excluding hydrogens is 284 g/mol. The maximum Gasteiger partial charge on any atom is 0.352 e. The molecule has 0 spiro atoms. The van der Waals surface area contributed by atoms with E-state index in [1.165, 1.54) is 17.8 Å². The number of rotatable bonds is 5. The number of aromatic nitrogens is 3. The smallest absolute Gasteiger partial charge is 0.352 e. The third kappa shape index (κ3) is 2.73. The van der Waals surface area contributed by atoms with Gasteiger partial charge in [0.1, 0.15) is 16.4 Å². The van der Waals surface area contributed by atoms with E-state index in [4.69, 9.17) is 5.11 Å². The van der Waals surface area contributed by atoms with Crippen LogP contribution in [-0.4, -0.2) is 33.6 Å². The number of aryl methyl sites for hydroxylation is 2. The van der Waals surface area contributed by atoms with Crippen LogP contribution in [0.15, 0.2) is 29.6 Å². The van der Waals surface area contributed by atoms with Gasteiger partial charge in [-0.15, -0.1) is 0 Å². The molecule has 2 N–H and O–H groups in total. The SMILES string of the molecule is Cn1cc(S(=O)(=O)NCc2nccn2C)cc1C(=O)O. The Hall–Kier alpha value is -2.13. The second-order valence-electron chi connectivity index (χ2n) is 4.26. The number of hydrogen-bond donors (Lipinski definition) is 2. The summed E-state index contributed by atoms with van der Waals surface area (Å²) in [5.41, 5.74) is -0.0950. The second kappa shape index (κ2) is 5.10. The number of aromatic carboxylic acids is 1. The van der Waals surface area contributed by atoms with E-state index >= 15 is 0 Å². The monoisotopic (exact) mass is 298 g/mol. The van der Waals surface area contributed by atoms with Crippen molar-refractivity contribution in [2.45, 2.75) is 11.4 Å². The molecule has 0 saturated heterocycles. The molecule has 0 radical (unpaired) electrons. The van der Waals surface area contributed by atoms with Crippen molar-refractivity contribution in [3.63, 3.8) is 0 Å². The van der Waals surface area contributed by atoms with Crippen LogP contribution < -0.4 is 4.72 Å². The highest BCUT2D eigenvalue weighted by Gasteiger charge is 2.20. The molecule has 0 amide bonds. The first-order valence-electron chi connectivity index (χ1n) is 5.67. The Morgan fingerprint density at radius 3 is 2.60 bits per heavy atom. The molecule has 2 aromatic heterocycles. The van der Waals surface area contributed by atoms with Gasteiger partial charge in [-0.05, 0) is 6.07 Å². The van der Waals surface area contributed by atoms with Crippen LogP contribution in [0.4, 0.5) is 0 Å². The molecule has 0 aliphatic heterocycles. The van der Waals surface area contributed by atoms with Crippen molar-refractivity contribution in [2.24, 2.45) is 14.1 Å². The van der Waals surface area contributed by atoms with E-state index in [1.807, 2.05) is 0 Å². The van der Waals surface area contributed by atoms with Gasteiger partial charge >= 0.3 is 5.97 Å². The van der Waals surface area contributed by atoms with Crippen molar-refractivity contribution in [1.29, 1.82) is 0 Å². The number of carboxylic acids is 1. The maximum atomic E-state index is 12.1. The van der Waals surface area contributed by atoms with E-state index in [-0.39, 0.29) is 17.1 Å². The lowest BCUT2D eigenvalue weighted by molar-refractivity contribution is 0.0686. The van der Waals surface area contributed by atoms with Crippen molar-refractivity contribution in [3.8, 4) is 0 Å². The molecule has 20 heavy (non-hydrogen) atoms. The Labute approximate surface area is 115 Å². The predicted octanol–water partition coefficient (Wildman–Crippen LogP) is -0.0647. The molecule has 0 fully saturated rings. The highest BCUT2D eigenvalue weighted by atomic mass is 32.2. The molecule has 108 valence electrons. The number of carboxylic acid groups (broad SMARTS) is 1. The summed E-state index contributed by atoms with van der Waals surface area (Å²) in [7, 11) is -0.551. The van der Waals surface area contributed by atoms with Crippen molar-refractivity contribution < 1.29 is 18.3 Å². The normalized spacial score (nSPS) is 11.7. The fourth-order valence-electron chi connectivity index (χ4n) is 1.70. The van der Waals surface area contributed by atoms with Crippen LogP contribution in [-0.2, 0) is 30.7 Å². The van der Waals surface area contributed by atoms with Gasteiger partial charge < -0.3 is 14.2 Å². The van der Waals surface area contributed by atoms with Crippen LogP contribution in [0.2, 0.25) is 0 Å². The quantitative estimate of drug-likeness (QED) is 0.804. The fourth-order valence-corrected chi connectivity index (χ4v) is 2.75. The van der Waals surface area contributed by atoms with Crippen LogP contribution >= 0.6 is 0 Å². The zero-order valence-corrected chi connectivity index (χ0v) is 11.8. The van der Waals surface area contributed by atoms with Crippen molar-refractivity contribution in [2.75, 3.05) is 0 Å². The van der Waals surface area contributed by atoms with Gasteiger partial charge in [0.05, 0.1) is 6.54 Å². The predicted molar refractivity (Wildman–Crippen MR) is 69.6 cm³/mol. The summed E-state index contributed by atoms with van der Waals surface area (Å²) in [5.74, 6) is -0.624. The van der Waals surface area contributed by atoms with Crippen LogP contribution in [0.3, 0.4) is 0 Å². The minimum absolute atomic E-state index is 0.0309. The number of nitrogens with zero attached hydrogens (tertiary/aromatic N) is 3. The molecule has 0 aromatic carbocycles. The van der Waals surface area contributed by atoms with E-state index in [0.717, 1.165) is 6.07 Å². The molecule has 9 heteroatoms. The summed E-state index contributed by atoms with van der Waals surface area (Å²) in [6, 6.07) is 1.11. The summed E-state index contributed by atoms with van der Waals surface area (Å²) in [6.07, 6.45) is 4.52. The van der Waals surface area contributed by atoms with Gasteiger partial charge in [-0.1, -0.05) is 0 Å². The molecule has 2 rings (SSSR count). The first-order valence-corrected chi connectivity index (χ1v) is 7.15. The number of sulfonamides is 1. The third-order valence-corrected chi connectivity index (χ3v) is 4.22. The van der Waals surface area contributed by atoms with E-state index in [9.17, 15) is 13.2 Å². The third-order valence-electron chi connectivity index (χ3n) is 2.85. The highest BCUT2D eigenvalue weighted by molar-refractivity contribution is 7.89. The fraction of sp³-hybridized carbons (Fsp3) is 0.273. The number of imidazole rings is 1. The summed E-state index contributed by atoms with van der Waals surface area (Å²) in [5, 5.41) is 8.91. The molecule has 0 atom stereocenters. The van der Waals surface area contributed by atoms with Gasteiger partial charge in [0.15, 0.2) is 0 Å². The molecule has 0 aliphatic carbocycles. The maximum absolute atomic E-state index is 12.1. The molecule has 0 unspecified atom stereocenters. The van der Waals surface area contributed by atoms with Crippen molar-refractivity contribution in [3.05, 3.63) is 36.2 Å². The van der Waals surface area contributed by atoms with Crippen LogP contribution in [0.5, 0.6) is 0 Å². The number of carbonyl (C=O) groups is 1. The zero-order valence-electron chi connectivity index (χ0n) is 10.9. The second-order valence-corrected chi connectivity index (χ2v) is 6.02. The Balaban J connectivity index is 2.20. The highest BCUT2D eigenvalue weighted by Crippen LogP contribution is 2.13. The molecule has 8 nitrogen and oxygen atoms in total. The van der Waals surface area contributed by atoms with Crippen LogP contribution in [0.25, 0.3) is 0 Å². The zero-order chi connectivity index (χ0) is 14.9. The van der Waals surface area contributed by atoms with E-state index < -0.39 is 16.0 Å². The minimum Gasteiger partial charge on any atom is -0.477 e. The molecular formula is C11H14N4O4S. The lowest BCUT2D eigenvalue weighted by Gasteiger charge is -2.04. The topological polar surface area (TPSA) is 106 Å². The largest absolute Gasteiger partial charge is 0.477 e. The number of nitrogens with one attached hydrogen (secondary N) is 1. The Bertz CT molecular complexity index is 744. The van der Waals surface area contributed by atoms with Crippen molar-refractivity contribution >= 4 is 16.0 Å². The van der Waals surface area contributed by atoms with E-state index in [2.05, 4.69) is 9.71 Å². The lowest BCUT2D eigenvalue weighted by Crippen LogP contribution is -2.24. The molecule has 0 saturated carbocycles. The van der Waals surface area contributed by atoms with Gasteiger partial charge in [0.25, 0.3) is 0 Å². The Morgan fingerprint density at radius 2 is 2.10 bits per heavy atom. The minimum atomic E-state index is -3.78. The van der Waals surface area contributed by atoms with Crippen LogP contribution in [0.1, 0.15) is 16.3 Å². The number of hydrogen-bond acceptors (Lipinski definition) is 4. The summed E-state index contributed by atoms with van der Waals surface area (Å²) in [6.45, 7) is 0.0309.